The topological polar surface area (TPSA) is 51.4 Å². The summed E-state index contributed by atoms with van der Waals surface area (Å²) >= 11 is 5.84. The Balaban J connectivity index is 0.00000147. The van der Waals surface area contributed by atoms with Crippen molar-refractivity contribution < 1.29 is 4.79 Å². The largest absolute Gasteiger partial charge is 0.356 e. The molecule has 2 N–H and O–H groups in total. The zero-order chi connectivity index (χ0) is 13.2. The number of nitrogens with zero attached hydrogens (tertiary/aromatic N) is 2. The highest BCUT2D eigenvalue weighted by molar-refractivity contribution is 6.30. The van der Waals surface area contributed by atoms with Gasteiger partial charge in [-0.1, -0.05) is 11.6 Å². The minimum Gasteiger partial charge on any atom is -0.356 e. The summed E-state index contributed by atoms with van der Waals surface area (Å²) in [5.41, 5.74) is 0.589. The molecule has 0 aromatic carbocycles. The summed E-state index contributed by atoms with van der Waals surface area (Å²) in [5, 5.41) is 3.94. The van der Waals surface area contributed by atoms with Crippen molar-refractivity contribution in [2.45, 2.75) is 12.5 Å². The van der Waals surface area contributed by atoms with Crippen LogP contribution in [0.15, 0.2) is 12.3 Å². The average Bonchev–Trinajstić information content (AvgIpc) is 3.08. The molecule has 112 valence electrons. The van der Waals surface area contributed by atoms with E-state index in [0.717, 1.165) is 45.7 Å². The predicted molar refractivity (Wildman–Crippen MR) is 81.8 cm³/mol. The third-order valence-corrected chi connectivity index (χ3v) is 4.21. The Morgan fingerprint density at radius 1 is 1.30 bits per heavy atom. The molecule has 0 radical (unpaired) electrons. The lowest BCUT2D eigenvalue weighted by Gasteiger charge is -2.32. The number of aromatic nitrogens is 1. The molecule has 0 aliphatic carbocycles. The fraction of sp³-hybridized carbons (Fsp3) is 0.615. The summed E-state index contributed by atoms with van der Waals surface area (Å²) < 4.78 is 0. The molecule has 2 fully saturated rings. The summed E-state index contributed by atoms with van der Waals surface area (Å²) in [4.78, 5) is 19.6. The van der Waals surface area contributed by atoms with Gasteiger partial charge in [-0.05, 0) is 12.5 Å². The normalized spacial score (nSPS) is 23.6. The zero-order valence-corrected chi connectivity index (χ0v) is 12.8. The smallest absolute Gasteiger partial charge is 0.270 e. The lowest BCUT2D eigenvalue weighted by atomic mass is 10.2. The van der Waals surface area contributed by atoms with Crippen molar-refractivity contribution in [3.05, 3.63) is 23.0 Å². The van der Waals surface area contributed by atoms with Crippen molar-refractivity contribution in [1.29, 1.82) is 0 Å². The van der Waals surface area contributed by atoms with Crippen LogP contribution < -0.4 is 5.32 Å². The second-order valence-corrected chi connectivity index (χ2v) is 5.65. The third kappa shape index (κ3) is 3.28. The molecule has 2 saturated heterocycles. The number of hydrogen-bond acceptors (Lipinski definition) is 3. The van der Waals surface area contributed by atoms with Gasteiger partial charge in [-0.15, -0.1) is 12.4 Å². The van der Waals surface area contributed by atoms with Gasteiger partial charge >= 0.3 is 0 Å². The van der Waals surface area contributed by atoms with Gasteiger partial charge < -0.3 is 15.2 Å². The van der Waals surface area contributed by atoms with Gasteiger partial charge in [0.25, 0.3) is 5.91 Å². The van der Waals surface area contributed by atoms with Gasteiger partial charge in [-0.3, -0.25) is 9.69 Å². The molecule has 1 unspecified atom stereocenters. The van der Waals surface area contributed by atoms with Gasteiger partial charge in [0.2, 0.25) is 0 Å². The summed E-state index contributed by atoms with van der Waals surface area (Å²) in [6, 6.07) is 2.21. The molecular weight excluding hydrogens is 299 g/mol. The maximum absolute atomic E-state index is 12.3. The Labute approximate surface area is 130 Å². The molecule has 1 aromatic rings. The van der Waals surface area contributed by atoms with Crippen molar-refractivity contribution in [3.63, 3.8) is 0 Å². The quantitative estimate of drug-likeness (QED) is 0.861. The monoisotopic (exact) mass is 318 g/mol. The van der Waals surface area contributed by atoms with E-state index in [0.29, 0.717) is 16.8 Å². The molecule has 0 spiro atoms. The molecule has 2 aliphatic rings. The van der Waals surface area contributed by atoms with Crippen LogP contribution in [0.3, 0.4) is 0 Å². The zero-order valence-electron chi connectivity index (χ0n) is 11.3. The Bertz CT molecular complexity index is 459. The molecule has 7 heteroatoms. The highest BCUT2D eigenvalue weighted by Crippen LogP contribution is 2.19. The third-order valence-electron chi connectivity index (χ3n) is 4.00. The van der Waals surface area contributed by atoms with E-state index in [2.05, 4.69) is 15.2 Å². The van der Waals surface area contributed by atoms with Crippen molar-refractivity contribution in [2.75, 3.05) is 39.3 Å². The second kappa shape index (κ2) is 6.80. The van der Waals surface area contributed by atoms with Gasteiger partial charge in [0.05, 0.1) is 5.02 Å². The molecule has 2 aliphatic heterocycles. The number of likely N-dealkylation sites (tertiary alicyclic amines) is 1. The Kier molecular flexibility index (Phi) is 5.32. The van der Waals surface area contributed by atoms with Crippen molar-refractivity contribution in [2.24, 2.45) is 0 Å². The number of rotatable bonds is 2. The Morgan fingerprint density at radius 3 is 2.70 bits per heavy atom. The van der Waals surface area contributed by atoms with E-state index >= 15 is 0 Å². The number of amides is 1. The van der Waals surface area contributed by atoms with Crippen molar-refractivity contribution >= 4 is 29.9 Å². The van der Waals surface area contributed by atoms with Gasteiger partial charge in [-0.2, -0.15) is 0 Å². The van der Waals surface area contributed by atoms with Crippen LogP contribution in [0.2, 0.25) is 5.02 Å². The van der Waals surface area contributed by atoms with Gasteiger partial charge in [0.1, 0.15) is 5.69 Å². The molecular formula is C13H20Cl2N4O. The molecule has 0 bridgehead atoms. The summed E-state index contributed by atoms with van der Waals surface area (Å²) in [6.07, 6.45) is 2.72. The first-order valence-corrected chi connectivity index (χ1v) is 7.20. The van der Waals surface area contributed by atoms with Crippen LogP contribution in [-0.2, 0) is 0 Å². The molecule has 20 heavy (non-hydrogen) atoms. The minimum atomic E-state index is 0. The van der Waals surface area contributed by atoms with Crippen LogP contribution in [0.1, 0.15) is 16.9 Å². The molecule has 5 nitrogen and oxygen atoms in total. The minimum absolute atomic E-state index is 0. The number of piperazine rings is 1. The van der Waals surface area contributed by atoms with Crippen LogP contribution >= 0.6 is 24.0 Å². The van der Waals surface area contributed by atoms with Gasteiger partial charge in [0, 0.05) is 51.5 Å². The summed E-state index contributed by atoms with van der Waals surface area (Å²) in [6.45, 7) is 5.94. The van der Waals surface area contributed by atoms with Crippen LogP contribution in [-0.4, -0.2) is 66.0 Å². The van der Waals surface area contributed by atoms with Crippen molar-refractivity contribution in [1.82, 2.24) is 20.1 Å². The van der Waals surface area contributed by atoms with E-state index < -0.39 is 0 Å². The van der Waals surface area contributed by atoms with E-state index in [4.69, 9.17) is 11.6 Å². The van der Waals surface area contributed by atoms with E-state index in [1.807, 2.05) is 4.90 Å². The SMILES string of the molecule is Cl.O=C(c1cc(Cl)c[nH]1)N1CCC(N2CCNCC2)C1. The molecule has 3 rings (SSSR count). The predicted octanol–water partition coefficient (Wildman–Crippen LogP) is 1.21. The van der Waals surface area contributed by atoms with Crippen LogP contribution in [0.4, 0.5) is 0 Å². The highest BCUT2D eigenvalue weighted by atomic mass is 35.5. The number of nitrogens with one attached hydrogen (secondary N) is 2. The van der Waals surface area contributed by atoms with E-state index in [9.17, 15) is 4.79 Å². The van der Waals surface area contributed by atoms with E-state index in [-0.39, 0.29) is 18.3 Å². The molecule has 1 atom stereocenters. The molecule has 3 heterocycles. The second-order valence-electron chi connectivity index (χ2n) is 5.21. The van der Waals surface area contributed by atoms with E-state index in [1.165, 1.54) is 0 Å². The molecule has 0 saturated carbocycles. The average molecular weight is 319 g/mol. The van der Waals surface area contributed by atoms with Gasteiger partial charge in [-0.25, -0.2) is 0 Å². The van der Waals surface area contributed by atoms with E-state index in [1.54, 1.807) is 12.3 Å². The maximum atomic E-state index is 12.3. The number of carbonyl (C=O) groups is 1. The Morgan fingerprint density at radius 2 is 2.05 bits per heavy atom. The molecule has 1 aromatic heterocycles. The summed E-state index contributed by atoms with van der Waals surface area (Å²) in [7, 11) is 0. The van der Waals surface area contributed by atoms with Crippen LogP contribution in [0.25, 0.3) is 0 Å². The first kappa shape index (κ1) is 15.6. The van der Waals surface area contributed by atoms with Crippen molar-refractivity contribution in [3.8, 4) is 0 Å². The Hall–Kier alpha value is -0.750. The number of halogens is 2. The number of aromatic amines is 1. The first-order valence-electron chi connectivity index (χ1n) is 6.82. The summed E-state index contributed by atoms with van der Waals surface area (Å²) in [5.74, 6) is 0.0598. The fourth-order valence-electron chi connectivity index (χ4n) is 2.93. The number of hydrogen-bond donors (Lipinski definition) is 2. The van der Waals surface area contributed by atoms with Gasteiger partial charge in [0.15, 0.2) is 0 Å². The lowest BCUT2D eigenvalue weighted by Crippen LogP contribution is -2.49. The highest BCUT2D eigenvalue weighted by Gasteiger charge is 2.31. The lowest BCUT2D eigenvalue weighted by molar-refractivity contribution is 0.0768. The first-order chi connectivity index (χ1) is 9.24. The molecule has 1 amide bonds. The standard InChI is InChI=1S/C13H19ClN4O.ClH/c14-10-7-12(16-8-10)13(19)18-4-1-11(9-18)17-5-2-15-3-6-17;/h7-8,11,15-16H,1-6,9H2;1H. The fourth-order valence-corrected chi connectivity index (χ4v) is 3.10. The number of H-pyrrole nitrogens is 1. The van der Waals surface area contributed by atoms with Crippen LogP contribution in [0, 0.1) is 0 Å². The maximum Gasteiger partial charge on any atom is 0.270 e. The number of carbonyl (C=O) groups excluding carboxylic acids is 1. The van der Waals surface area contributed by atoms with Crippen LogP contribution in [0.5, 0.6) is 0 Å².